The Morgan fingerprint density at radius 3 is 2.79 bits per heavy atom. The van der Waals surface area contributed by atoms with Crippen molar-refractivity contribution < 1.29 is 9.47 Å². The molecule has 0 N–H and O–H groups in total. The Balaban J connectivity index is 1.59. The van der Waals surface area contributed by atoms with Crippen LogP contribution in [0.1, 0.15) is 16.7 Å². The number of thiophene rings is 1. The highest BCUT2D eigenvalue weighted by Gasteiger charge is 2.16. The van der Waals surface area contributed by atoms with Gasteiger partial charge in [0, 0.05) is 10.9 Å². The molecule has 0 aliphatic carbocycles. The minimum atomic E-state index is -0.0304. The summed E-state index contributed by atoms with van der Waals surface area (Å²) in [6.45, 7) is 4.84. The molecule has 0 radical (unpaired) electrons. The molecule has 6 heteroatoms. The van der Waals surface area contributed by atoms with Crippen molar-refractivity contribution in [2.45, 2.75) is 20.4 Å². The van der Waals surface area contributed by atoms with Gasteiger partial charge in [-0.15, -0.1) is 11.3 Å². The summed E-state index contributed by atoms with van der Waals surface area (Å²) >= 11 is 1.50. The zero-order valence-electron chi connectivity index (χ0n) is 15.6. The Labute approximate surface area is 165 Å². The average Bonchev–Trinajstić information content (AvgIpc) is 3.33. The van der Waals surface area contributed by atoms with E-state index in [1.165, 1.54) is 22.5 Å². The van der Waals surface area contributed by atoms with Gasteiger partial charge in [-0.3, -0.25) is 9.36 Å². The zero-order chi connectivity index (χ0) is 19.3. The van der Waals surface area contributed by atoms with Gasteiger partial charge >= 0.3 is 0 Å². The molecule has 0 fully saturated rings. The average molecular weight is 390 g/mol. The number of aromatic nitrogens is 2. The highest BCUT2D eigenvalue weighted by atomic mass is 32.1. The molecule has 0 unspecified atom stereocenters. The summed E-state index contributed by atoms with van der Waals surface area (Å²) in [7, 11) is 0. The molecule has 0 spiro atoms. The number of rotatable bonds is 3. The van der Waals surface area contributed by atoms with Gasteiger partial charge in [-0.25, -0.2) is 4.98 Å². The van der Waals surface area contributed by atoms with Crippen LogP contribution in [0.2, 0.25) is 0 Å². The van der Waals surface area contributed by atoms with Gasteiger partial charge in [-0.2, -0.15) is 0 Å². The molecule has 140 valence electrons. The van der Waals surface area contributed by atoms with E-state index in [2.05, 4.69) is 37.0 Å². The van der Waals surface area contributed by atoms with Crippen molar-refractivity contribution in [1.29, 1.82) is 0 Å². The summed E-state index contributed by atoms with van der Waals surface area (Å²) in [5.41, 5.74) is 5.38. The van der Waals surface area contributed by atoms with Crippen LogP contribution in [0.5, 0.6) is 11.5 Å². The van der Waals surface area contributed by atoms with Gasteiger partial charge in [0.15, 0.2) is 11.5 Å². The highest BCUT2D eigenvalue weighted by Crippen LogP contribution is 2.33. The largest absolute Gasteiger partial charge is 0.454 e. The number of aryl methyl sites for hydroxylation is 2. The van der Waals surface area contributed by atoms with Crippen molar-refractivity contribution in [3.05, 3.63) is 75.1 Å². The quantitative estimate of drug-likeness (QED) is 0.516. The summed E-state index contributed by atoms with van der Waals surface area (Å²) < 4.78 is 12.4. The van der Waals surface area contributed by atoms with Crippen LogP contribution in [0.3, 0.4) is 0 Å². The molecule has 2 aromatic carbocycles. The van der Waals surface area contributed by atoms with Crippen LogP contribution in [0.25, 0.3) is 21.3 Å². The van der Waals surface area contributed by atoms with Crippen molar-refractivity contribution in [2.24, 2.45) is 0 Å². The smallest absolute Gasteiger partial charge is 0.263 e. The van der Waals surface area contributed by atoms with E-state index in [0.717, 1.165) is 27.3 Å². The maximum Gasteiger partial charge on any atom is 0.263 e. The van der Waals surface area contributed by atoms with E-state index in [1.54, 1.807) is 10.9 Å². The van der Waals surface area contributed by atoms with Crippen LogP contribution in [-0.4, -0.2) is 16.3 Å². The number of nitrogens with zero attached hydrogens (tertiary/aromatic N) is 2. The fraction of sp³-hybridized carbons (Fsp3) is 0.182. The normalized spacial score (nSPS) is 12.6. The minimum absolute atomic E-state index is 0.0304. The monoisotopic (exact) mass is 390 g/mol. The standard InChI is InChI=1S/C22H18N2O3S/c1-13-3-5-16(7-14(13)2)17-10-28-21-20(17)22(25)24(11-23-21)9-15-4-6-18-19(8-15)27-12-26-18/h3-8,10-11H,9,12H2,1-2H3. The van der Waals surface area contributed by atoms with Gasteiger partial charge in [0.1, 0.15) is 4.83 Å². The lowest BCUT2D eigenvalue weighted by atomic mass is 10.0. The van der Waals surface area contributed by atoms with Gasteiger partial charge in [0.05, 0.1) is 18.3 Å². The number of hydrogen-bond donors (Lipinski definition) is 0. The van der Waals surface area contributed by atoms with Crippen molar-refractivity contribution >= 4 is 21.6 Å². The second-order valence-electron chi connectivity index (χ2n) is 6.99. The van der Waals surface area contributed by atoms with E-state index in [4.69, 9.17) is 9.47 Å². The summed E-state index contributed by atoms with van der Waals surface area (Å²) in [6.07, 6.45) is 1.62. The molecule has 1 aliphatic heterocycles. The molecule has 0 amide bonds. The number of benzene rings is 2. The molecule has 0 atom stereocenters. The molecule has 1 aliphatic rings. The predicted molar refractivity (Wildman–Crippen MR) is 110 cm³/mol. The maximum atomic E-state index is 13.2. The van der Waals surface area contributed by atoms with E-state index >= 15 is 0 Å². The zero-order valence-corrected chi connectivity index (χ0v) is 16.4. The Morgan fingerprint density at radius 1 is 1.07 bits per heavy atom. The summed E-state index contributed by atoms with van der Waals surface area (Å²) in [4.78, 5) is 18.5. The fourth-order valence-corrected chi connectivity index (χ4v) is 4.34. The van der Waals surface area contributed by atoms with Crippen LogP contribution in [0.4, 0.5) is 0 Å². The molecule has 5 nitrogen and oxygen atoms in total. The van der Waals surface area contributed by atoms with Gasteiger partial charge in [0.2, 0.25) is 6.79 Å². The van der Waals surface area contributed by atoms with E-state index < -0.39 is 0 Å². The van der Waals surface area contributed by atoms with Gasteiger partial charge in [-0.05, 0) is 48.2 Å². The first-order valence-electron chi connectivity index (χ1n) is 9.03. The Kier molecular flexibility index (Phi) is 3.94. The Hall–Kier alpha value is -3.12. The number of hydrogen-bond acceptors (Lipinski definition) is 5. The second kappa shape index (κ2) is 6.49. The molecular formula is C22H18N2O3S. The lowest BCUT2D eigenvalue weighted by Crippen LogP contribution is -2.21. The first kappa shape index (κ1) is 17.0. The topological polar surface area (TPSA) is 53.4 Å². The van der Waals surface area contributed by atoms with E-state index in [0.29, 0.717) is 17.7 Å². The van der Waals surface area contributed by atoms with Crippen LogP contribution in [0, 0.1) is 13.8 Å². The molecule has 3 heterocycles. The lowest BCUT2D eigenvalue weighted by Gasteiger charge is -2.08. The van der Waals surface area contributed by atoms with Crippen LogP contribution in [-0.2, 0) is 6.54 Å². The number of fused-ring (bicyclic) bond motifs is 2. The third kappa shape index (κ3) is 2.77. The fourth-order valence-electron chi connectivity index (χ4n) is 3.44. The molecule has 0 saturated heterocycles. The molecule has 0 saturated carbocycles. The van der Waals surface area contributed by atoms with E-state index in [1.807, 2.05) is 23.6 Å². The minimum Gasteiger partial charge on any atom is -0.454 e. The lowest BCUT2D eigenvalue weighted by molar-refractivity contribution is 0.174. The molecule has 5 rings (SSSR count). The molecule has 4 aromatic rings. The van der Waals surface area contributed by atoms with Crippen molar-refractivity contribution in [1.82, 2.24) is 9.55 Å². The summed E-state index contributed by atoms with van der Waals surface area (Å²) in [6, 6.07) is 12.0. The maximum absolute atomic E-state index is 13.2. The Morgan fingerprint density at radius 2 is 1.93 bits per heavy atom. The highest BCUT2D eigenvalue weighted by molar-refractivity contribution is 7.17. The molecular weight excluding hydrogens is 372 g/mol. The summed E-state index contributed by atoms with van der Waals surface area (Å²) in [5.74, 6) is 1.45. The summed E-state index contributed by atoms with van der Waals surface area (Å²) in [5, 5.41) is 2.70. The van der Waals surface area contributed by atoms with Gasteiger partial charge in [0.25, 0.3) is 5.56 Å². The number of ether oxygens (including phenoxy) is 2. The van der Waals surface area contributed by atoms with E-state index in [-0.39, 0.29) is 12.4 Å². The second-order valence-corrected chi connectivity index (χ2v) is 7.85. The molecule has 2 aromatic heterocycles. The van der Waals surface area contributed by atoms with Gasteiger partial charge in [-0.1, -0.05) is 24.3 Å². The van der Waals surface area contributed by atoms with Gasteiger partial charge < -0.3 is 9.47 Å². The van der Waals surface area contributed by atoms with Crippen molar-refractivity contribution in [3.8, 4) is 22.6 Å². The first-order chi connectivity index (χ1) is 13.6. The van der Waals surface area contributed by atoms with Crippen LogP contribution < -0.4 is 15.0 Å². The van der Waals surface area contributed by atoms with Crippen LogP contribution in [0.15, 0.2) is 52.9 Å². The van der Waals surface area contributed by atoms with E-state index in [9.17, 15) is 4.79 Å². The van der Waals surface area contributed by atoms with Crippen molar-refractivity contribution in [2.75, 3.05) is 6.79 Å². The third-order valence-electron chi connectivity index (χ3n) is 5.17. The Bertz CT molecular complexity index is 1270. The SMILES string of the molecule is Cc1ccc(-c2csc3ncn(Cc4ccc5c(c4)OCO5)c(=O)c23)cc1C. The van der Waals surface area contributed by atoms with Crippen molar-refractivity contribution in [3.63, 3.8) is 0 Å². The first-order valence-corrected chi connectivity index (χ1v) is 9.91. The predicted octanol–water partition coefficient (Wildman–Crippen LogP) is 4.52. The van der Waals surface area contributed by atoms with Crippen LogP contribution >= 0.6 is 11.3 Å². The molecule has 28 heavy (non-hydrogen) atoms. The molecule has 0 bridgehead atoms. The third-order valence-corrected chi connectivity index (χ3v) is 6.05.